The summed E-state index contributed by atoms with van der Waals surface area (Å²) in [7, 11) is 0. The lowest BCUT2D eigenvalue weighted by molar-refractivity contribution is 0.475. The quantitative estimate of drug-likeness (QED) is 0.870. The summed E-state index contributed by atoms with van der Waals surface area (Å²) in [4.78, 5) is 16.9. The van der Waals surface area contributed by atoms with Gasteiger partial charge >= 0.3 is 0 Å². The van der Waals surface area contributed by atoms with Crippen molar-refractivity contribution in [3.8, 4) is 5.75 Å². The van der Waals surface area contributed by atoms with E-state index in [-0.39, 0.29) is 27.6 Å². The highest BCUT2D eigenvalue weighted by molar-refractivity contribution is 8.14. The Balaban J connectivity index is 2.19. The van der Waals surface area contributed by atoms with Crippen LogP contribution in [0.1, 0.15) is 43.2 Å². The van der Waals surface area contributed by atoms with E-state index in [9.17, 15) is 9.90 Å². The number of nitrogens with one attached hydrogen (secondary N) is 1. The number of aromatic nitrogens is 2. The molecule has 7 heteroatoms. The Labute approximate surface area is 137 Å². The van der Waals surface area contributed by atoms with Gasteiger partial charge in [0.05, 0.1) is 20.9 Å². The maximum atomic E-state index is 12.4. The number of nitrogens with zero attached hydrogens (tertiary/aromatic N) is 2. The molecule has 2 heterocycles. The summed E-state index contributed by atoms with van der Waals surface area (Å²) in [6.07, 6.45) is 0. The fraction of sp³-hybridized carbons (Fsp3) is 0.333. The molecule has 0 bridgehead atoms. The first-order valence-electron chi connectivity index (χ1n) is 6.93. The highest BCUT2D eigenvalue weighted by Crippen LogP contribution is 2.45. The molecular formula is C15H16ClN3O2S. The fourth-order valence-corrected chi connectivity index (χ4v) is 3.79. The monoisotopic (exact) mass is 337 g/mol. The maximum absolute atomic E-state index is 12.4. The molecule has 5 nitrogen and oxygen atoms in total. The van der Waals surface area contributed by atoms with Crippen LogP contribution >= 0.6 is 23.4 Å². The van der Waals surface area contributed by atoms with Crippen LogP contribution in [-0.4, -0.2) is 19.9 Å². The number of fused-ring (bicyclic) bond motifs is 1. The van der Waals surface area contributed by atoms with E-state index in [1.807, 2.05) is 20.8 Å². The van der Waals surface area contributed by atoms with Crippen molar-refractivity contribution in [3.05, 3.63) is 44.7 Å². The Bertz CT molecular complexity index is 823. The molecule has 1 aliphatic heterocycles. The number of hydrogen-bond donors (Lipinski definition) is 2. The topological polar surface area (TPSA) is 70.4 Å². The molecule has 0 spiro atoms. The predicted molar refractivity (Wildman–Crippen MR) is 90.8 cm³/mol. The van der Waals surface area contributed by atoms with Crippen LogP contribution in [-0.2, 0) is 0 Å². The molecule has 0 aliphatic carbocycles. The molecule has 0 amide bonds. The molecule has 22 heavy (non-hydrogen) atoms. The molecule has 1 aromatic carbocycles. The van der Waals surface area contributed by atoms with Gasteiger partial charge in [-0.25, -0.2) is 4.99 Å². The van der Waals surface area contributed by atoms with Crippen LogP contribution in [0.15, 0.2) is 28.0 Å². The largest absolute Gasteiger partial charge is 0.506 e. The second-order valence-corrected chi connectivity index (χ2v) is 7.19. The number of benzene rings is 1. The van der Waals surface area contributed by atoms with Crippen LogP contribution in [0.3, 0.4) is 0 Å². The second kappa shape index (κ2) is 5.52. The van der Waals surface area contributed by atoms with Crippen molar-refractivity contribution in [2.24, 2.45) is 4.99 Å². The first-order valence-corrected chi connectivity index (χ1v) is 8.19. The minimum atomic E-state index is -0.186. The lowest BCUT2D eigenvalue weighted by Crippen LogP contribution is -2.13. The molecule has 3 rings (SSSR count). The Morgan fingerprint density at radius 2 is 2.18 bits per heavy atom. The second-order valence-electron chi connectivity index (χ2n) is 5.48. The number of aromatic hydroxyl groups is 1. The van der Waals surface area contributed by atoms with Crippen LogP contribution < -0.4 is 5.56 Å². The van der Waals surface area contributed by atoms with Gasteiger partial charge in [-0.3, -0.25) is 14.6 Å². The normalized spacial score (nSPS) is 17.5. The van der Waals surface area contributed by atoms with Crippen LogP contribution in [0.4, 0.5) is 5.82 Å². The smallest absolute Gasteiger partial charge is 0.271 e. The van der Waals surface area contributed by atoms with Crippen LogP contribution in [0.5, 0.6) is 5.75 Å². The van der Waals surface area contributed by atoms with Crippen molar-refractivity contribution < 1.29 is 5.11 Å². The van der Waals surface area contributed by atoms with Gasteiger partial charge in [0.2, 0.25) is 0 Å². The number of aliphatic imine (C=N–C) groups is 1. The van der Waals surface area contributed by atoms with Crippen LogP contribution in [0.25, 0.3) is 0 Å². The first-order chi connectivity index (χ1) is 10.4. The van der Waals surface area contributed by atoms with Gasteiger partial charge in [0, 0.05) is 6.04 Å². The third-order valence-corrected chi connectivity index (χ3v) is 5.02. The van der Waals surface area contributed by atoms with Gasteiger partial charge in [-0.2, -0.15) is 0 Å². The number of phenols is 1. The zero-order chi connectivity index (χ0) is 16.0. The Kier molecular flexibility index (Phi) is 3.82. The summed E-state index contributed by atoms with van der Waals surface area (Å²) in [5.41, 5.74) is 1.36. The third kappa shape index (κ3) is 2.46. The van der Waals surface area contributed by atoms with E-state index in [0.717, 1.165) is 10.6 Å². The van der Waals surface area contributed by atoms with Gasteiger partial charge in [0.15, 0.2) is 5.82 Å². The van der Waals surface area contributed by atoms with E-state index >= 15 is 0 Å². The van der Waals surface area contributed by atoms with Gasteiger partial charge in [0.1, 0.15) is 5.75 Å². The van der Waals surface area contributed by atoms with Crippen molar-refractivity contribution in [2.45, 2.75) is 32.1 Å². The summed E-state index contributed by atoms with van der Waals surface area (Å²) in [6, 6.07) is 5.14. The summed E-state index contributed by atoms with van der Waals surface area (Å²) < 4.78 is 1.79. The Hall–Kier alpha value is -1.66. The van der Waals surface area contributed by atoms with Gasteiger partial charge in [-0.15, -0.1) is 0 Å². The Morgan fingerprint density at radius 3 is 2.82 bits per heavy atom. The number of aromatic amines is 1. The number of rotatable bonds is 2. The zero-order valence-electron chi connectivity index (χ0n) is 12.4. The standard InChI is InChI=1S/C15H16ClN3O2S/c1-7(2)19-14-12(15(21)18-19)13(22-8(3)17-14)9-4-5-11(20)10(16)6-9/h4-7,13,20H,1-3H3,(H,18,21). The molecule has 2 aromatic rings. The van der Waals surface area contributed by atoms with E-state index in [1.165, 1.54) is 11.8 Å². The molecule has 0 saturated carbocycles. The number of halogens is 1. The van der Waals surface area contributed by atoms with Crippen molar-refractivity contribution in [2.75, 3.05) is 0 Å². The summed E-state index contributed by atoms with van der Waals surface area (Å²) in [5.74, 6) is 0.705. The molecule has 1 unspecified atom stereocenters. The SMILES string of the molecule is CC1=Nc2c(c(=O)[nH]n2C(C)C)C(c2ccc(O)c(Cl)c2)S1. The van der Waals surface area contributed by atoms with Gasteiger partial charge in [-0.1, -0.05) is 29.4 Å². The van der Waals surface area contributed by atoms with Crippen LogP contribution in [0, 0.1) is 0 Å². The average molecular weight is 338 g/mol. The highest BCUT2D eigenvalue weighted by atomic mass is 35.5. The Morgan fingerprint density at radius 1 is 1.45 bits per heavy atom. The highest BCUT2D eigenvalue weighted by Gasteiger charge is 2.30. The lowest BCUT2D eigenvalue weighted by atomic mass is 10.1. The molecule has 1 aromatic heterocycles. The molecule has 0 radical (unpaired) electrons. The molecule has 2 N–H and O–H groups in total. The number of H-pyrrole nitrogens is 1. The van der Waals surface area contributed by atoms with E-state index < -0.39 is 0 Å². The fourth-order valence-electron chi connectivity index (χ4n) is 2.50. The predicted octanol–water partition coefficient (Wildman–Crippen LogP) is 4.00. The maximum Gasteiger partial charge on any atom is 0.271 e. The zero-order valence-corrected chi connectivity index (χ0v) is 14.0. The van der Waals surface area contributed by atoms with E-state index in [0.29, 0.717) is 11.4 Å². The van der Waals surface area contributed by atoms with Crippen molar-refractivity contribution >= 4 is 34.2 Å². The number of hydrogen-bond acceptors (Lipinski definition) is 4. The van der Waals surface area contributed by atoms with Gasteiger partial charge in [-0.05, 0) is 38.5 Å². The third-order valence-electron chi connectivity index (χ3n) is 3.54. The molecule has 116 valence electrons. The minimum absolute atomic E-state index is 0.0329. The van der Waals surface area contributed by atoms with E-state index in [2.05, 4.69) is 10.1 Å². The lowest BCUT2D eigenvalue weighted by Gasteiger charge is -2.21. The van der Waals surface area contributed by atoms with E-state index in [4.69, 9.17) is 11.6 Å². The first kappa shape index (κ1) is 15.2. The van der Waals surface area contributed by atoms with Gasteiger partial charge in [0.25, 0.3) is 5.56 Å². The summed E-state index contributed by atoms with van der Waals surface area (Å²) in [5, 5.41) is 13.4. The summed E-state index contributed by atoms with van der Waals surface area (Å²) in [6.45, 7) is 5.91. The van der Waals surface area contributed by atoms with Crippen LogP contribution in [0.2, 0.25) is 5.02 Å². The molecule has 0 saturated heterocycles. The van der Waals surface area contributed by atoms with Crippen molar-refractivity contribution in [3.63, 3.8) is 0 Å². The van der Waals surface area contributed by atoms with E-state index in [1.54, 1.807) is 22.9 Å². The average Bonchev–Trinajstić information content (AvgIpc) is 2.78. The van der Waals surface area contributed by atoms with Gasteiger partial charge < -0.3 is 5.11 Å². The number of phenolic OH excluding ortho intramolecular Hbond substituents is 1. The molecule has 1 atom stereocenters. The summed E-state index contributed by atoms with van der Waals surface area (Å²) >= 11 is 7.52. The molecule has 1 aliphatic rings. The number of thioether (sulfide) groups is 1. The molecule has 0 fully saturated rings. The minimum Gasteiger partial charge on any atom is -0.506 e. The van der Waals surface area contributed by atoms with Crippen molar-refractivity contribution in [1.29, 1.82) is 0 Å². The molecular weight excluding hydrogens is 322 g/mol. The van der Waals surface area contributed by atoms with Crippen molar-refractivity contribution in [1.82, 2.24) is 9.78 Å².